The lowest BCUT2D eigenvalue weighted by Gasteiger charge is -2.08. The summed E-state index contributed by atoms with van der Waals surface area (Å²) < 4.78 is 5.64. The maximum absolute atomic E-state index is 12.7. The van der Waals surface area contributed by atoms with Crippen LogP contribution < -0.4 is 5.32 Å². The van der Waals surface area contributed by atoms with Crippen molar-refractivity contribution in [3.05, 3.63) is 80.1 Å². The summed E-state index contributed by atoms with van der Waals surface area (Å²) >= 11 is 5.85. The maximum atomic E-state index is 12.7. The molecular formula is C20H17ClN2O4. The molecule has 6 nitrogen and oxygen atoms in total. The molecule has 1 amide bonds. The van der Waals surface area contributed by atoms with Gasteiger partial charge < -0.3 is 9.73 Å². The number of anilines is 1. The molecule has 7 heteroatoms. The molecule has 0 saturated carbocycles. The highest BCUT2D eigenvalue weighted by atomic mass is 35.5. The molecule has 0 saturated heterocycles. The lowest BCUT2D eigenvalue weighted by atomic mass is 10.1. The van der Waals surface area contributed by atoms with E-state index in [-0.39, 0.29) is 27.9 Å². The van der Waals surface area contributed by atoms with Crippen molar-refractivity contribution in [1.29, 1.82) is 0 Å². The highest BCUT2D eigenvalue weighted by Gasteiger charge is 2.22. The molecule has 2 aromatic carbocycles. The summed E-state index contributed by atoms with van der Waals surface area (Å²) in [5.41, 5.74) is 3.06. The van der Waals surface area contributed by atoms with E-state index >= 15 is 0 Å². The minimum absolute atomic E-state index is 0.183. The molecule has 0 radical (unpaired) electrons. The Morgan fingerprint density at radius 2 is 1.85 bits per heavy atom. The first-order chi connectivity index (χ1) is 12.8. The number of nitro benzene ring substituents is 1. The van der Waals surface area contributed by atoms with E-state index < -0.39 is 4.92 Å². The van der Waals surface area contributed by atoms with E-state index in [1.165, 1.54) is 24.3 Å². The fourth-order valence-electron chi connectivity index (χ4n) is 2.76. The topological polar surface area (TPSA) is 85.4 Å². The molecule has 0 fully saturated rings. The molecule has 0 unspecified atom stereocenters. The minimum Gasteiger partial charge on any atom is -0.460 e. The van der Waals surface area contributed by atoms with Crippen LogP contribution in [0.3, 0.4) is 0 Å². The molecule has 3 aromatic rings. The van der Waals surface area contributed by atoms with Crippen molar-refractivity contribution in [3.8, 4) is 11.3 Å². The molecule has 3 rings (SSSR count). The average molecular weight is 385 g/mol. The number of rotatable bonds is 4. The molecule has 0 aliphatic rings. The van der Waals surface area contributed by atoms with E-state index in [9.17, 15) is 14.9 Å². The van der Waals surface area contributed by atoms with Gasteiger partial charge in [-0.2, -0.15) is 0 Å². The van der Waals surface area contributed by atoms with Gasteiger partial charge in [0.15, 0.2) is 0 Å². The number of nitrogens with one attached hydrogen (secondary N) is 1. The second kappa shape index (κ2) is 7.25. The van der Waals surface area contributed by atoms with Crippen LogP contribution in [-0.2, 0) is 0 Å². The van der Waals surface area contributed by atoms with Gasteiger partial charge in [-0.1, -0.05) is 23.7 Å². The highest BCUT2D eigenvalue weighted by molar-refractivity contribution is 6.30. The van der Waals surface area contributed by atoms with Gasteiger partial charge in [0, 0.05) is 16.8 Å². The Morgan fingerprint density at radius 1 is 1.11 bits per heavy atom. The Balaban J connectivity index is 1.97. The van der Waals surface area contributed by atoms with Gasteiger partial charge in [-0.25, -0.2) is 0 Å². The predicted octanol–water partition coefficient (Wildman–Crippen LogP) is 5.69. The first kappa shape index (κ1) is 18.7. The third-order valence-corrected chi connectivity index (χ3v) is 4.46. The fourth-order valence-corrected chi connectivity index (χ4v) is 2.93. The third-order valence-electron chi connectivity index (χ3n) is 4.23. The van der Waals surface area contributed by atoms with Crippen LogP contribution in [0.25, 0.3) is 11.3 Å². The first-order valence-corrected chi connectivity index (χ1v) is 8.57. The largest absolute Gasteiger partial charge is 0.460 e. The molecule has 27 heavy (non-hydrogen) atoms. The van der Waals surface area contributed by atoms with E-state index in [1.54, 1.807) is 6.92 Å². The van der Waals surface area contributed by atoms with Crippen LogP contribution in [0.2, 0.25) is 5.02 Å². The van der Waals surface area contributed by atoms with Crippen LogP contribution in [0.15, 0.2) is 46.9 Å². The number of hydrogen-bond donors (Lipinski definition) is 1. The van der Waals surface area contributed by atoms with Crippen LogP contribution in [0.5, 0.6) is 0 Å². The van der Waals surface area contributed by atoms with Crippen molar-refractivity contribution in [2.75, 3.05) is 5.32 Å². The lowest BCUT2D eigenvalue weighted by Crippen LogP contribution is -2.13. The zero-order chi connectivity index (χ0) is 19.7. The molecule has 1 N–H and O–H groups in total. The number of carbonyl (C=O) groups excluding carboxylic acids is 1. The minimum atomic E-state index is -0.533. The number of halogens is 1. The number of amides is 1. The van der Waals surface area contributed by atoms with E-state index in [1.807, 2.05) is 32.0 Å². The molecule has 1 heterocycles. The Labute approximate surface area is 160 Å². The van der Waals surface area contributed by atoms with Crippen LogP contribution in [0, 0.1) is 30.9 Å². The number of furan rings is 1. The summed E-state index contributed by atoms with van der Waals surface area (Å²) in [5.74, 6) is 0.270. The molecule has 0 bridgehead atoms. The van der Waals surface area contributed by atoms with Gasteiger partial charge in [0.25, 0.3) is 11.6 Å². The van der Waals surface area contributed by atoms with Gasteiger partial charge in [-0.15, -0.1) is 0 Å². The van der Waals surface area contributed by atoms with E-state index in [4.69, 9.17) is 16.0 Å². The number of carbonyl (C=O) groups is 1. The van der Waals surface area contributed by atoms with Crippen molar-refractivity contribution in [1.82, 2.24) is 0 Å². The second-order valence-corrected chi connectivity index (χ2v) is 6.71. The fraction of sp³-hybridized carbons (Fsp3) is 0.150. The summed E-state index contributed by atoms with van der Waals surface area (Å²) in [6.07, 6.45) is 0. The predicted molar refractivity (Wildman–Crippen MR) is 104 cm³/mol. The normalized spacial score (nSPS) is 10.7. The maximum Gasteiger partial charge on any atom is 0.281 e. The summed E-state index contributed by atoms with van der Waals surface area (Å²) in [7, 11) is 0. The quantitative estimate of drug-likeness (QED) is 0.462. The molecule has 138 valence electrons. The lowest BCUT2D eigenvalue weighted by molar-refractivity contribution is -0.384. The van der Waals surface area contributed by atoms with Gasteiger partial charge in [0.05, 0.1) is 16.1 Å². The Bertz CT molecular complexity index is 1060. The first-order valence-electron chi connectivity index (χ1n) is 8.19. The van der Waals surface area contributed by atoms with Gasteiger partial charge in [0.2, 0.25) is 0 Å². The molecule has 0 spiro atoms. The number of aryl methyl sites for hydroxylation is 3. The Hall–Kier alpha value is -3.12. The highest BCUT2D eigenvalue weighted by Crippen LogP contribution is 2.35. The smallest absolute Gasteiger partial charge is 0.281 e. The van der Waals surface area contributed by atoms with Gasteiger partial charge in [0.1, 0.15) is 11.5 Å². The number of benzene rings is 2. The zero-order valence-electron chi connectivity index (χ0n) is 15.0. The van der Waals surface area contributed by atoms with Crippen molar-refractivity contribution >= 4 is 28.9 Å². The number of nitro groups is 1. The number of hydrogen-bond acceptors (Lipinski definition) is 4. The third kappa shape index (κ3) is 3.85. The van der Waals surface area contributed by atoms with Crippen molar-refractivity contribution < 1.29 is 14.1 Å². The van der Waals surface area contributed by atoms with Crippen molar-refractivity contribution in [2.24, 2.45) is 0 Å². The Kier molecular flexibility index (Phi) is 5.01. The van der Waals surface area contributed by atoms with E-state index in [2.05, 4.69) is 5.32 Å². The molecule has 0 aliphatic heterocycles. The molecular weight excluding hydrogens is 368 g/mol. The second-order valence-electron chi connectivity index (χ2n) is 6.27. The number of nitrogens with zero attached hydrogens (tertiary/aromatic N) is 1. The summed E-state index contributed by atoms with van der Waals surface area (Å²) in [4.78, 5) is 23.5. The zero-order valence-corrected chi connectivity index (χ0v) is 15.8. The van der Waals surface area contributed by atoms with Gasteiger partial charge in [-0.3, -0.25) is 14.9 Å². The monoisotopic (exact) mass is 384 g/mol. The van der Waals surface area contributed by atoms with E-state index in [0.29, 0.717) is 17.0 Å². The SMILES string of the molecule is Cc1ccc(C)c(NC(=O)c2cc(-c3ccc(Cl)cc3[N+](=O)[O-])oc2C)c1. The van der Waals surface area contributed by atoms with Gasteiger partial charge in [-0.05, 0) is 56.2 Å². The summed E-state index contributed by atoms with van der Waals surface area (Å²) in [6, 6.07) is 11.6. The van der Waals surface area contributed by atoms with Crippen LogP contribution >= 0.6 is 11.6 Å². The van der Waals surface area contributed by atoms with Crippen LogP contribution in [0.1, 0.15) is 27.2 Å². The van der Waals surface area contributed by atoms with Crippen molar-refractivity contribution in [2.45, 2.75) is 20.8 Å². The summed E-state index contributed by atoms with van der Waals surface area (Å²) in [5, 5.41) is 14.4. The molecule has 1 aromatic heterocycles. The van der Waals surface area contributed by atoms with Crippen LogP contribution in [-0.4, -0.2) is 10.8 Å². The molecule has 0 atom stereocenters. The van der Waals surface area contributed by atoms with Crippen LogP contribution in [0.4, 0.5) is 11.4 Å². The van der Waals surface area contributed by atoms with Crippen molar-refractivity contribution in [3.63, 3.8) is 0 Å². The Morgan fingerprint density at radius 3 is 2.56 bits per heavy atom. The van der Waals surface area contributed by atoms with Gasteiger partial charge >= 0.3 is 0 Å². The molecule has 0 aliphatic carbocycles. The summed E-state index contributed by atoms with van der Waals surface area (Å²) in [6.45, 7) is 5.49. The van der Waals surface area contributed by atoms with E-state index in [0.717, 1.165) is 11.1 Å². The standard InChI is InChI=1S/C20H17ClN2O4/c1-11-4-5-12(2)17(8-11)22-20(24)16-10-19(27-13(16)3)15-7-6-14(21)9-18(15)23(25)26/h4-10H,1-3H3,(H,22,24). The average Bonchev–Trinajstić information content (AvgIpc) is 2.99.